The minimum absolute atomic E-state index is 0.0133. The monoisotopic (exact) mass is 336 g/mol. The van der Waals surface area contributed by atoms with E-state index in [4.69, 9.17) is 0 Å². The van der Waals surface area contributed by atoms with Crippen LogP contribution in [0.5, 0.6) is 5.75 Å². The van der Waals surface area contributed by atoms with Gasteiger partial charge in [0.25, 0.3) is 5.91 Å². The van der Waals surface area contributed by atoms with Crippen molar-refractivity contribution < 1.29 is 27.9 Å². The highest BCUT2D eigenvalue weighted by molar-refractivity contribution is 7.12. The van der Waals surface area contributed by atoms with Crippen molar-refractivity contribution in [2.45, 2.75) is 19.0 Å². The second-order valence-corrected chi connectivity index (χ2v) is 6.05. The molecule has 1 saturated heterocycles. The first-order chi connectivity index (χ1) is 10.3. The molecule has 22 heavy (non-hydrogen) atoms. The number of hydrogen-bond donors (Lipinski definition) is 2. The van der Waals surface area contributed by atoms with Crippen LogP contribution in [0.3, 0.4) is 0 Å². The van der Waals surface area contributed by atoms with Gasteiger partial charge in [-0.3, -0.25) is 9.59 Å². The fourth-order valence-electron chi connectivity index (χ4n) is 2.35. The van der Waals surface area contributed by atoms with E-state index < -0.39 is 12.1 Å². The number of rotatable bonds is 3. The number of amides is 2. The van der Waals surface area contributed by atoms with E-state index in [1.54, 1.807) is 4.90 Å². The first-order valence-corrected chi connectivity index (χ1v) is 7.57. The molecule has 1 aliphatic heterocycles. The van der Waals surface area contributed by atoms with Crippen LogP contribution in [0.4, 0.5) is 13.2 Å². The van der Waals surface area contributed by atoms with Crippen molar-refractivity contribution >= 4 is 23.2 Å². The molecular formula is C13H15F3N2O3S. The van der Waals surface area contributed by atoms with Gasteiger partial charge in [0.1, 0.15) is 5.75 Å². The third-order valence-electron chi connectivity index (χ3n) is 3.41. The van der Waals surface area contributed by atoms with Gasteiger partial charge in [-0.25, -0.2) is 0 Å². The van der Waals surface area contributed by atoms with Crippen molar-refractivity contribution in [1.29, 1.82) is 0 Å². The quantitative estimate of drug-likeness (QED) is 0.887. The number of piperidine rings is 1. The van der Waals surface area contributed by atoms with Crippen molar-refractivity contribution in [2.75, 3.05) is 19.6 Å². The Morgan fingerprint density at radius 3 is 2.77 bits per heavy atom. The third kappa shape index (κ3) is 4.12. The molecule has 5 nitrogen and oxygen atoms in total. The van der Waals surface area contributed by atoms with Crippen LogP contribution in [-0.4, -0.2) is 47.6 Å². The van der Waals surface area contributed by atoms with Gasteiger partial charge in [0.15, 0.2) is 0 Å². The zero-order valence-electron chi connectivity index (χ0n) is 11.5. The summed E-state index contributed by atoms with van der Waals surface area (Å²) in [5, 5.41) is 12.6. The summed E-state index contributed by atoms with van der Waals surface area (Å²) < 4.78 is 36.4. The zero-order chi connectivity index (χ0) is 16.3. The van der Waals surface area contributed by atoms with Crippen LogP contribution < -0.4 is 5.32 Å². The van der Waals surface area contributed by atoms with Gasteiger partial charge in [-0.05, 0) is 18.8 Å². The van der Waals surface area contributed by atoms with Crippen molar-refractivity contribution in [3.63, 3.8) is 0 Å². The molecule has 122 valence electrons. The second kappa shape index (κ2) is 6.55. The van der Waals surface area contributed by atoms with Crippen LogP contribution in [0.1, 0.15) is 22.5 Å². The van der Waals surface area contributed by atoms with Gasteiger partial charge in [-0.1, -0.05) is 0 Å². The molecular weight excluding hydrogens is 321 g/mol. The van der Waals surface area contributed by atoms with E-state index in [2.05, 4.69) is 0 Å². The van der Waals surface area contributed by atoms with Gasteiger partial charge in [0.2, 0.25) is 0 Å². The predicted molar refractivity (Wildman–Crippen MR) is 73.7 cm³/mol. The fourth-order valence-corrected chi connectivity index (χ4v) is 3.08. The summed E-state index contributed by atoms with van der Waals surface area (Å²) in [5.41, 5.74) is 0. The molecule has 2 rings (SSSR count). The maximum Gasteiger partial charge on any atom is 0.471 e. The number of halogens is 3. The van der Waals surface area contributed by atoms with Gasteiger partial charge in [0.05, 0.1) is 4.88 Å². The third-order valence-corrected chi connectivity index (χ3v) is 4.32. The molecule has 2 amide bonds. The number of hydrogen-bond acceptors (Lipinski definition) is 4. The summed E-state index contributed by atoms with van der Waals surface area (Å²) in [6.07, 6.45) is -3.58. The molecule has 0 aliphatic carbocycles. The maximum absolute atomic E-state index is 12.2. The number of nitrogens with one attached hydrogen (secondary N) is 1. The van der Waals surface area contributed by atoms with Gasteiger partial charge in [-0.15, -0.1) is 11.3 Å². The summed E-state index contributed by atoms with van der Waals surface area (Å²) >= 11 is 1.11. The van der Waals surface area contributed by atoms with Gasteiger partial charge < -0.3 is 15.3 Å². The molecule has 1 atom stereocenters. The number of nitrogens with zero attached hydrogens (tertiary/aromatic N) is 1. The Labute approximate surface area is 128 Å². The Morgan fingerprint density at radius 2 is 2.18 bits per heavy atom. The molecule has 1 unspecified atom stereocenters. The van der Waals surface area contributed by atoms with Crippen molar-refractivity contribution in [2.24, 2.45) is 5.92 Å². The molecule has 9 heteroatoms. The Balaban J connectivity index is 1.89. The maximum atomic E-state index is 12.2. The molecule has 0 radical (unpaired) electrons. The molecule has 1 fully saturated rings. The highest BCUT2D eigenvalue weighted by Gasteiger charge is 2.39. The van der Waals surface area contributed by atoms with Crippen LogP contribution in [-0.2, 0) is 4.79 Å². The van der Waals surface area contributed by atoms with Crippen LogP contribution in [0.2, 0.25) is 0 Å². The summed E-state index contributed by atoms with van der Waals surface area (Å²) in [6.45, 7) is 0.689. The minimum atomic E-state index is -4.89. The Bertz CT molecular complexity index is 559. The number of aromatic hydroxyl groups is 1. The van der Waals surface area contributed by atoms with E-state index >= 15 is 0 Å². The average Bonchev–Trinajstić information content (AvgIpc) is 2.89. The number of carbonyl (C=O) groups excluding carboxylic acids is 2. The van der Waals surface area contributed by atoms with Gasteiger partial charge in [-0.2, -0.15) is 13.2 Å². The molecule has 1 aromatic rings. The number of thiophene rings is 1. The lowest BCUT2D eigenvalue weighted by Crippen LogP contribution is -2.45. The van der Waals surface area contributed by atoms with Crippen LogP contribution >= 0.6 is 11.3 Å². The Morgan fingerprint density at radius 1 is 1.45 bits per heavy atom. The molecule has 2 heterocycles. The van der Waals surface area contributed by atoms with Crippen molar-refractivity contribution in [1.82, 2.24) is 10.2 Å². The lowest BCUT2D eigenvalue weighted by Gasteiger charge is -2.32. The van der Waals surface area contributed by atoms with Crippen molar-refractivity contribution in [3.05, 3.63) is 16.3 Å². The second-order valence-electron chi connectivity index (χ2n) is 5.14. The molecule has 1 aromatic heterocycles. The van der Waals surface area contributed by atoms with Gasteiger partial charge >= 0.3 is 12.1 Å². The molecule has 0 spiro atoms. The van der Waals surface area contributed by atoms with E-state index in [0.29, 0.717) is 24.3 Å². The lowest BCUT2D eigenvalue weighted by atomic mass is 9.98. The van der Waals surface area contributed by atoms with Crippen LogP contribution in [0.25, 0.3) is 0 Å². The molecule has 1 aliphatic rings. The number of likely N-dealkylation sites (tertiary alicyclic amines) is 1. The molecule has 0 bridgehead atoms. The van der Waals surface area contributed by atoms with E-state index in [1.165, 1.54) is 11.4 Å². The zero-order valence-corrected chi connectivity index (χ0v) is 12.3. The van der Waals surface area contributed by atoms with Crippen LogP contribution in [0, 0.1) is 5.92 Å². The SMILES string of the molecule is O=C(c1cc(O)cs1)N1CCCC(CNC(=O)C(F)(F)F)C1. The van der Waals surface area contributed by atoms with E-state index in [9.17, 15) is 27.9 Å². The Hall–Kier alpha value is -1.77. The molecule has 0 saturated carbocycles. The van der Waals surface area contributed by atoms with Crippen LogP contribution in [0.15, 0.2) is 11.4 Å². The molecule has 2 N–H and O–H groups in total. The number of alkyl halides is 3. The van der Waals surface area contributed by atoms with Gasteiger partial charge in [0, 0.05) is 31.1 Å². The van der Waals surface area contributed by atoms with E-state index in [-0.39, 0.29) is 30.7 Å². The highest BCUT2D eigenvalue weighted by atomic mass is 32.1. The topological polar surface area (TPSA) is 69.6 Å². The van der Waals surface area contributed by atoms with E-state index in [1.807, 2.05) is 5.32 Å². The minimum Gasteiger partial charge on any atom is -0.507 e. The summed E-state index contributed by atoms with van der Waals surface area (Å²) in [5.74, 6) is -2.41. The smallest absolute Gasteiger partial charge is 0.471 e. The first kappa shape index (κ1) is 16.6. The fraction of sp³-hybridized carbons (Fsp3) is 0.538. The highest BCUT2D eigenvalue weighted by Crippen LogP contribution is 2.24. The Kier molecular flexibility index (Phi) is 4.94. The summed E-state index contributed by atoms with van der Waals surface area (Å²) in [6, 6.07) is 1.36. The lowest BCUT2D eigenvalue weighted by molar-refractivity contribution is -0.173. The average molecular weight is 336 g/mol. The predicted octanol–water partition coefficient (Wildman–Crippen LogP) is 1.98. The first-order valence-electron chi connectivity index (χ1n) is 6.69. The largest absolute Gasteiger partial charge is 0.507 e. The summed E-state index contributed by atoms with van der Waals surface area (Å²) in [7, 11) is 0. The van der Waals surface area contributed by atoms with E-state index in [0.717, 1.165) is 11.3 Å². The van der Waals surface area contributed by atoms with Crippen molar-refractivity contribution in [3.8, 4) is 5.75 Å². The molecule has 0 aromatic carbocycles. The summed E-state index contributed by atoms with van der Waals surface area (Å²) in [4.78, 5) is 24.9. The normalized spacial score (nSPS) is 19.0. The standard InChI is InChI=1S/C13H15F3N2O3S/c14-13(15,16)12(21)17-5-8-2-1-3-18(6-8)11(20)10-4-9(19)7-22-10/h4,7-8,19H,1-3,5-6H2,(H,17,21). The number of carbonyl (C=O) groups is 2.